The standard InChI is InChI=1S/C13H20N2O2S/c1-11(14)10-12-4-6-13(7-5-12)18(16,17)15-8-2-3-9-15/h4-7,11H,2-3,8-10,14H2,1H3. The fraction of sp³-hybridized carbons (Fsp3) is 0.538. The number of rotatable bonds is 4. The predicted molar refractivity (Wildman–Crippen MR) is 71.8 cm³/mol. The summed E-state index contributed by atoms with van der Waals surface area (Å²) in [6, 6.07) is 7.17. The molecule has 100 valence electrons. The van der Waals surface area contributed by atoms with Gasteiger partial charge in [-0.2, -0.15) is 4.31 Å². The lowest BCUT2D eigenvalue weighted by atomic mass is 10.1. The molecule has 1 atom stereocenters. The molecule has 1 fully saturated rings. The summed E-state index contributed by atoms with van der Waals surface area (Å²) < 4.78 is 26.1. The smallest absolute Gasteiger partial charge is 0.243 e. The van der Waals surface area contributed by atoms with Crippen LogP contribution in [0.15, 0.2) is 29.2 Å². The van der Waals surface area contributed by atoms with E-state index in [0.717, 1.165) is 24.8 Å². The second kappa shape index (κ2) is 5.38. The van der Waals surface area contributed by atoms with Gasteiger partial charge in [0.25, 0.3) is 0 Å². The molecule has 0 aliphatic carbocycles. The van der Waals surface area contributed by atoms with Crippen LogP contribution >= 0.6 is 0 Å². The van der Waals surface area contributed by atoms with Gasteiger partial charge in [-0.25, -0.2) is 8.42 Å². The maximum atomic E-state index is 12.3. The van der Waals surface area contributed by atoms with Gasteiger partial charge < -0.3 is 5.73 Å². The summed E-state index contributed by atoms with van der Waals surface area (Å²) in [5.74, 6) is 0. The minimum absolute atomic E-state index is 0.0889. The molecule has 0 saturated carbocycles. The Morgan fingerprint density at radius 3 is 2.28 bits per heavy atom. The second-order valence-corrected chi connectivity index (χ2v) is 6.87. The number of hydrogen-bond donors (Lipinski definition) is 1. The number of nitrogens with zero attached hydrogens (tertiary/aromatic N) is 1. The van der Waals surface area contributed by atoms with Crippen LogP contribution in [0, 0.1) is 0 Å². The predicted octanol–water partition coefficient (Wildman–Crippen LogP) is 1.36. The zero-order chi connectivity index (χ0) is 13.2. The molecule has 0 radical (unpaired) electrons. The van der Waals surface area contributed by atoms with Gasteiger partial charge in [-0.05, 0) is 43.9 Å². The van der Waals surface area contributed by atoms with Crippen molar-refractivity contribution in [2.24, 2.45) is 5.73 Å². The van der Waals surface area contributed by atoms with E-state index >= 15 is 0 Å². The maximum Gasteiger partial charge on any atom is 0.243 e. The van der Waals surface area contributed by atoms with E-state index in [9.17, 15) is 8.42 Å². The lowest BCUT2D eigenvalue weighted by Gasteiger charge is -2.15. The number of nitrogens with two attached hydrogens (primary N) is 1. The van der Waals surface area contributed by atoms with Gasteiger partial charge in [-0.3, -0.25) is 0 Å². The van der Waals surface area contributed by atoms with Crippen LogP contribution in [-0.4, -0.2) is 31.9 Å². The van der Waals surface area contributed by atoms with Gasteiger partial charge in [0.1, 0.15) is 0 Å². The molecule has 0 aromatic heterocycles. The van der Waals surface area contributed by atoms with Crippen LogP contribution in [0.3, 0.4) is 0 Å². The highest BCUT2D eigenvalue weighted by Crippen LogP contribution is 2.21. The van der Waals surface area contributed by atoms with Gasteiger partial charge >= 0.3 is 0 Å². The van der Waals surface area contributed by atoms with Gasteiger partial charge in [0.2, 0.25) is 10.0 Å². The van der Waals surface area contributed by atoms with Gasteiger partial charge in [-0.1, -0.05) is 12.1 Å². The van der Waals surface area contributed by atoms with Gasteiger partial charge in [0.05, 0.1) is 4.90 Å². The third-order valence-electron chi connectivity index (χ3n) is 3.18. The Kier molecular flexibility index (Phi) is 4.04. The first kappa shape index (κ1) is 13.5. The molecule has 1 aromatic carbocycles. The molecule has 1 saturated heterocycles. The lowest BCUT2D eigenvalue weighted by molar-refractivity contribution is 0.477. The molecule has 1 aromatic rings. The van der Waals surface area contributed by atoms with E-state index in [1.807, 2.05) is 19.1 Å². The zero-order valence-corrected chi connectivity index (χ0v) is 11.5. The quantitative estimate of drug-likeness (QED) is 0.897. The maximum absolute atomic E-state index is 12.3. The summed E-state index contributed by atoms with van der Waals surface area (Å²) in [5, 5.41) is 0. The Bertz CT molecular complexity index is 488. The van der Waals surface area contributed by atoms with Gasteiger partial charge in [0.15, 0.2) is 0 Å². The molecule has 1 aliphatic heterocycles. The molecular formula is C13H20N2O2S. The third kappa shape index (κ3) is 2.91. The topological polar surface area (TPSA) is 63.4 Å². The van der Waals surface area contributed by atoms with Crippen LogP contribution in [0.1, 0.15) is 25.3 Å². The van der Waals surface area contributed by atoms with Crippen LogP contribution in [0.25, 0.3) is 0 Å². The SMILES string of the molecule is CC(N)Cc1ccc(S(=O)(=O)N2CCCC2)cc1. The van der Waals surface area contributed by atoms with Crippen molar-refractivity contribution in [2.45, 2.75) is 37.1 Å². The Labute approximate surface area is 109 Å². The van der Waals surface area contributed by atoms with Crippen LogP contribution in [0.4, 0.5) is 0 Å². The molecule has 5 heteroatoms. The summed E-state index contributed by atoms with van der Waals surface area (Å²) in [7, 11) is -3.28. The fourth-order valence-corrected chi connectivity index (χ4v) is 3.76. The first-order chi connectivity index (χ1) is 8.50. The first-order valence-electron chi connectivity index (χ1n) is 6.35. The molecule has 1 heterocycles. The molecule has 0 spiro atoms. The van der Waals surface area contributed by atoms with E-state index in [-0.39, 0.29) is 6.04 Å². The lowest BCUT2D eigenvalue weighted by Crippen LogP contribution is -2.27. The molecule has 4 nitrogen and oxygen atoms in total. The summed E-state index contributed by atoms with van der Waals surface area (Å²) in [4.78, 5) is 0.387. The minimum Gasteiger partial charge on any atom is -0.328 e. The summed E-state index contributed by atoms with van der Waals surface area (Å²) >= 11 is 0. The van der Waals surface area contributed by atoms with E-state index < -0.39 is 10.0 Å². The minimum atomic E-state index is -3.28. The van der Waals surface area contributed by atoms with Crippen molar-refractivity contribution in [3.8, 4) is 0 Å². The van der Waals surface area contributed by atoms with E-state index in [0.29, 0.717) is 18.0 Å². The highest BCUT2D eigenvalue weighted by atomic mass is 32.2. The van der Waals surface area contributed by atoms with Gasteiger partial charge in [0, 0.05) is 19.1 Å². The van der Waals surface area contributed by atoms with Gasteiger partial charge in [-0.15, -0.1) is 0 Å². The second-order valence-electron chi connectivity index (χ2n) is 4.94. The summed E-state index contributed by atoms with van der Waals surface area (Å²) in [5.41, 5.74) is 6.80. The van der Waals surface area contributed by atoms with Crippen LogP contribution in [0.5, 0.6) is 0 Å². The van der Waals surface area contributed by atoms with E-state index in [4.69, 9.17) is 5.73 Å². The van der Waals surface area contributed by atoms with Crippen molar-refractivity contribution >= 4 is 10.0 Å². The van der Waals surface area contributed by atoms with Crippen molar-refractivity contribution in [2.75, 3.05) is 13.1 Å². The zero-order valence-electron chi connectivity index (χ0n) is 10.7. The normalized spacial score (nSPS) is 19.0. The van der Waals surface area contributed by atoms with E-state index in [2.05, 4.69) is 0 Å². The highest BCUT2D eigenvalue weighted by Gasteiger charge is 2.26. The number of hydrogen-bond acceptors (Lipinski definition) is 3. The molecule has 1 unspecified atom stereocenters. The van der Waals surface area contributed by atoms with Crippen molar-refractivity contribution in [1.29, 1.82) is 0 Å². The summed E-state index contributed by atoms with van der Waals surface area (Å²) in [6.45, 7) is 3.22. The number of sulfonamides is 1. The Hall–Kier alpha value is -0.910. The van der Waals surface area contributed by atoms with E-state index in [1.165, 1.54) is 0 Å². The molecule has 1 aliphatic rings. The van der Waals surface area contributed by atoms with Crippen LogP contribution < -0.4 is 5.73 Å². The third-order valence-corrected chi connectivity index (χ3v) is 5.10. The molecule has 0 amide bonds. The van der Waals surface area contributed by atoms with E-state index in [1.54, 1.807) is 16.4 Å². The largest absolute Gasteiger partial charge is 0.328 e. The average molecular weight is 268 g/mol. The Morgan fingerprint density at radius 1 is 1.22 bits per heavy atom. The molecular weight excluding hydrogens is 248 g/mol. The van der Waals surface area contributed by atoms with Crippen molar-refractivity contribution in [3.05, 3.63) is 29.8 Å². The molecule has 18 heavy (non-hydrogen) atoms. The fourth-order valence-electron chi connectivity index (χ4n) is 2.25. The Morgan fingerprint density at radius 2 is 1.78 bits per heavy atom. The van der Waals surface area contributed by atoms with Crippen molar-refractivity contribution in [3.63, 3.8) is 0 Å². The molecule has 0 bridgehead atoms. The highest BCUT2D eigenvalue weighted by molar-refractivity contribution is 7.89. The van der Waals surface area contributed by atoms with Crippen LogP contribution in [0.2, 0.25) is 0 Å². The molecule has 2 rings (SSSR count). The number of benzene rings is 1. The van der Waals surface area contributed by atoms with Crippen molar-refractivity contribution in [1.82, 2.24) is 4.31 Å². The monoisotopic (exact) mass is 268 g/mol. The van der Waals surface area contributed by atoms with Crippen molar-refractivity contribution < 1.29 is 8.42 Å². The summed E-state index contributed by atoms with van der Waals surface area (Å²) in [6.07, 6.45) is 2.69. The average Bonchev–Trinajstić information content (AvgIpc) is 2.83. The van der Waals surface area contributed by atoms with Crippen LogP contribution in [-0.2, 0) is 16.4 Å². The molecule has 2 N–H and O–H groups in total. The Balaban J connectivity index is 2.18. The first-order valence-corrected chi connectivity index (χ1v) is 7.79.